The van der Waals surface area contributed by atoms with Gasteiger partial charge in [-0.15, -0.1) is 5.75 Å². The lowest BCUT2D eigenvalue weighted by atomic mass is 10.1. The van der Waals surface area contributed by atoms with E-state index in [0.29, 0.717) is 10.6 Å². The van der Waals surface area contributed by atoms with Gasteiger partial charge in [0, 0.05) is 10.6 Å². The number of carboxylic acids is 1. The smallest absolute Gasteiger partial charge is 0.352 e. The SMILES string of the molecule is O=C(O)/C(=C\c1ccc([O-])cc1)NC(=O)c1ccc(Cl)cc1. The van der Waals surface area contributed by atoms with Crippen LogP contribution in [0, 0.1) is 0 Å². The minimum Gasteiger partial charge on any atom is -0.872 e. The Morgan fingerprint density at radius 1 is 1.05 bits per heavy atom. The predicted octanol–water partition coefficient (Wildman–Crippen LogP) is 2.27. The molecule has 0 aliphatic rings. The minimum absolute atomic E-state index is 0.181. The van der Waals surface area contributed by atoms with Gasteiger partial charge in [-0.3, -0.25) is 4.79 Å². The molecule has 0 saturated heterocycles. The van der Waals surface area contributed by atoms with Gasteiger partial charge < -0.3 is 15.5 Å². The summed E-state index contributed by atoms with van der Waals surface area (Å²) in [6, 6.07) is 11.6. The van der Waals surface area contributed by atoms with Crippen molar-refractivity contribution < 1.29 is 19.8 Å². The number of carbonyl (C=O) groups excluding carboxylic acids is 1. The highest BCUT2D eigenvalue weighted by atomic mass is 35.5. The van der Waals surface area contributed by atoms with Gasteiger partial charge in [0.2, 0.25) is 0 Å². The molecule has 0 bridgehead atoms. The van der Waals surface area contributed by atoms with Crippen molar-refractivity contribution >= 4 is 29.6 Å². The summed E-state index contributed by atoms with van der Waals surface area (Å²) in [4.78, 5) is 23.2. The summed E-state index contributed by atoms with van der Waals surface area (Å²) < 4.78 is 0. The van der Waals surface area contributed by atoms with Crippen molar-refractivity contribution in [2.75, 3.05) is 0 Å². The molecule has 0 aliphatic carbocycles. The fourth-order valence-corrected chi connectivity index (χ4v) is 1.80. The minimum atomic E-state index is -1.28. The highest BCUT2D eigenvalue weighted by molar-refractivity contribution is 6.30. The van der Waals surface area contributed by atoms with Crippen molar-refractivity contribution in [3.63, 3.8) is 0 Å². The standard InChI is InChI=1S/C16H12ClNO4/c17-12-5-3-11(4-6-12)15(20)18-14(16(21)22)9-10-1-7-13(19)8-2-10/h1-9,19H,(H,18,20)(H,21,22)/p-1/b14-9+. The third kappa shape index (κ3) is 4.10. The molecule has 0 radical (unpaired) electrons. The monoisotopic (exact) mass is 316 g/mol. The largest absolute Gasteiger partial charge is 0.872 e. The first-order valence-corrected chi connectivity index (χ1v) is 6.62. The fourth-order valence-electron chi connectivity index (χ4n) is 1.68. The van der Waals surface area contributed by atoms with E-state index in [-0.39, 0.29) is 17.0 Å². The van der Waals surface area contributed by atoms with Gasteiger partial charge in [0.15, 0.2) is 0 Å². The summed E-state index contributed by atoms with van der Waals surface area (Å²) in [6.07, 6.45) is 1.27. The maximum Gasteiger partial charge on any atom is 0.352 e. The van der Waals surface area contributed by atoms with Crippen LogP contribution in [0.25, 0.3) is 6.08 Å². The summed E-state index contributed by atoms with van der Waals surface area (Å²) in [5, 5.41) is 23.0. The van der Waals surface area contributed by atoms with Crippen molar-refractivity contribution in [2.24, 2.45) is 0 Å². The molecule has 0 fully saturated rings. The van der Waals surface area contributed by atoms with Crippen molar-refractivity contribution in [3.05, 3.63) is 70.4 Å². The van der Waals surface area contributed by atoms with Crippen molar-refractivity contribution in [2.45, 2.75) is 0 Å². The Labute approximate surface area is 131 Å². The molecule has 0 saturated carbocycles. The van der Waals surface area contributed by atoms with Crippen LogP contribution in [0.3, 0.4) is 0 Å². The van der Waals surface area contributed by atoms with E-state index in [1.54, 1.807) is 0 Å². The van der Waals surface area contributed by atoms with Gasteiger partial charge in [-0.1, -0.05) is 35.9 Å². The average molecular weight is 317 g/mol. The van der Waals surface area contributed by atoms with Crippen LogP contribution in [0.5, 0.6) is 5.75 Å². The van der Waals surface area contributed by atoms with E-state index in [1.807, 2.05) is 0 Å². The number of aliphatic carboxylic acids is 1. The second kappa shape index (κ2) is 6.78. The first-order valence-electron chi connectivity index (χ1n) is 6.25. The molecule has 112 valence electrons. The van der Waals surface area contributed by atoms with Crippen LogP contribution in [0.15, 0.2) is 54.2 Å². The highest BCUT2D eigenvalue weighted by Gasteiger charge is 2.13. The highest BCUT2D eigenvalue weighted by Crippen LogP contribution is 2.12. The summed E-state index contributed by atoms with van der Waals surface area (Å²) in [5.41, 5.74) is 0.485. The van der Waals surface area contributed by atoms with Crippen LogP contribution in [0.2, 0.25) is 5.02 Å². The molecule has 22 heavy (non-hydrogen) atoms. The Bertz CT molecular complexity index is 721. The number of nitrogens with one attached hydrogen (secondary N) is 1. The zero-order chi connectivity index (χ0) is 16.1. The number of carbonyl (C=O) groups is 2. The van der Waals surface area contributed by atoms with E-state index in [4.69, 9.17) is 16.7 Å². The Balaban J connectivity index is 2.21. The lowest BCUT2D eigenvalue weighted by Gasteiger charge is -2.07. The molecule has 2 rings (SSSR count). The van der Waals surface area contributed by atoms with Gasteiger partial charge in [0.25, 0.3) is 5.91 Å². The van der Waals surface area contributed by atoms with Crippen LogP contribution in [-0.2, 0) is 4.79 Å². The normalized spacial score (nSPS) is 11.0. The fraction of sp³-hybridized carbons (Fsp3) is 0. The molecular weight excluding hydrogens is 306 g/mol. The second-order valence-corrected chi connectivity index (χ2v) is 4.83. The van der Waals surface area contributed by atoms with E-state index in [9.17, 15) is 14.7 Å². The zero-order valence-corrected chi connectivity index (χ0v) is 12.0. The Morgan fingerprint density at radius 3 is 2.18 bits per heavy atom. The molecule has 0 heterocycles. The first kappa shape index (κ1) is 15.6. The quantitative estimate of drug-likeness (QED) is 0.847. The Kier molecular flexibility index (Phi) is 4.80. The number of rotatable bonds is 4. The number of carboxylic acid groups (broad SMARTS) is 1. The molecule has 2 aromatic carbocycles. The lowest BCUT2D eigenvalue weighted by molar-refractivity contribution is -0.268. The first-order chi connectivity index (χ1) is 10.5. The molecule has 2 N–H and O–H groups in total. The van der Waals surface area contributed by atoms with E-state index >= 15 is 0 Å². The predicted molar refractivity (Wildman–Crippen MR) is 80.4 cm³/mol. The molecule has 5 nitrogen and oxygen atoms in total. The van der Waals surface area contributed by atoms with Crippen LogP contribution < -0.4 is 10.4 Å². The third-order valence-corrected chi connectivity index (χ3v) is 3.03. The number of hydrogen-bond donors (Lipinski definition) is 2. The number of amides is 1. The number of halogens is 1. The molecule has 1 amide bonds. The Morgan fingerprint density at radius 2 is 1.64 bits per heavy atom. The lowest BCUT2D eigenvalue weighted by Crippen LogP contribution is -2.27. The molecule has 0 atom stereocenters. The van der Waals surface area contributed by atoms with E-state index < -0.39 is 11.9 Å². The van der Waals surface area contributed by atoms with Gasteiger partial charge in [-0.05, 0) is 35.9 Å². The molecule has 0 aromatic heterocycles. The Hall–Kier alpha value is -2.79. The maximum absolute atomic E-state index is 12.0. The van der Waals surface area contributed by atoms with Gasteiger partial charge in [-0.25, -0.2) is 4.79 Å². The maximum atomic E-state index is 12.0. The summed E-state index contributed by atoms with van der Waals surface area (Å²) >= 11 is 5.73. The zero-order valence-electron chi connectivity index (χ0n) is 11.2. The average Bonchev–Trinajstić information content (AvgIpc) is 2.49. The van der Waals surface area contributed by atoms with Crippen molar-refractivity contribution in [3.8, 4) is 5.75 Å². The van der Waals surface area contributed by atoms with Crippen molar-refractivity contribution in [1.29, 1.82) is 0 Å². The molecule has 6 heteroatoms. The summed E-state index contributed by atoms with van der Waals surface area (Å²) in [5.74, 6) is -2.03. The molecule has 0 aliphatic heterocycles. The molecule has 0 spiro atoms. The van der Waals surface area contributed by atoms with E-state index in [0.717, 1.165) is 0 Å². The molecule has 0 unspecified atom stereocenters. The van der Waals surface area contributed by atoms with Gasteiger partial charge in [0.1, 0.15) is 5.70 Å². The van der Waals surface area contributed by atoms with Crippen LogP contribution in [0.4, 0.5) is 0 Å². The van der Waals surface area contributed by atoms with Gasteiger partial charge in [-0.2, -0.15) is 0 Å². The van der Waals surface area contributed by atoms with Crippen LogP contribution in [0.1, 0.15) is 15.9 Å². The number of hydrogen-bond acceptors (Lipinski definition) is 3. The molecule has 2 aromatic rings. The van der Waals surface area contributed by atoms with Crippen LogP contribution in [-0.4, -0.2) is 17.0 Å². The summed E-state index contributed by atoms with van der Waals surface area (Å²) in [6.45, 7) is 0. The number of benzene rings is 2. The van der Waals surface area contributed by atoms with Gasteiger partial charge in [0.05, 0.1) is 0 Å². The van der Waals surface area contributed by atoms with E-state index in [1.165, 1.54) is 54.6 Å². The van der Waals surface area contributed by atoms with Crippen molar-refractivity contribution in [1.82, 2.24) is 5.32 Å². The third-order valence-electron chi connectivity index (χ3n) is 2.78. The van der Waals surface area contributed by atoms with Gasteiger partial charge >= 0.3 is 5.97 Å². The summed E-state index contributed by atoms with van der Waals surface area (Å²) in [7, 11) is 0. The van der Waals surface area contributed by atoms with Crippen LogP contribution >= 0.6 is 11.6 Å². The van der Waals surface area contributed by atoms with E-state index in [2.05, 4.69) is 5.32 Å². The molecular formula is C16H11ClNO4-. The second-order valence-electron chi connectivity index (χ2n) is 4.39. The topological polar surface area (TPSA) is 89.5 Å².